The van der Waals surface area contributed by atoms with Gasteiger partial charge in [-0.1, -0.05) is 29.3 Å². The molecule has 2 heterocycles. The van der Waals surface area contributed by atoms with E-state index in [1.54, 1.807) is 48.8 Å². The van der Waals surface area contributed by atoms with E-state index in [-0.39, 0.29) is 18.7 Å². The highest BCUT2D eigenvalue weighted by atomic mass is 35.5. The average Bonchev–Trinajstić information content (AvgIpc) is 3.24. The predicted molar refractivity (Wildman–Crippen MR) is 143 cm³/mol. The van der Waals surface area contributed by atoms with Crippen LogP contribution in [0.15, 0.2) is 79.1 Å². The summed E-state index contributed by atoms with van der Waals surface area (Å²) in [5, 5.41) is 4.39. The van der Waals surface area contributed by atoms with Crippen LogP contribution in [0, 0.1) is 17.5 Å². The summed E-state index contributed by atoms with van der Waals surface area (Å²) in [5.74, 6) is -2.25. The standard InChI is InChI=1S/C29H20Cl2F3N3O/c30-19-9-17(10-20(31)12-19)24-2-1-5-35-29(24)27(8-16-6-22(33)13-23(34)7-16)37-28(38)11-18-15-36-26-4-3-21(32)14-25(18)26/h1-7,9-10,12-15,27,36H,8,11H2,(H,37,38)/t27-/m0/s1. The number of rotatable bonds is 7. The number of hydrogen-bond donors (Lipinski definition) is 2. The van der Waals surface area contributed by atoms with Crippen molar-refractivity contribution in [1.82, 2.24) is 15.3 Å². The average molecular weight is 554 g/mol. The molecule has 0 aliphatic heterocycles. The third-order valence-corrected chi connectivity index (χ3v) is 6.56. The molecule has 2 aromatic heterocycles. The molecule has 0 aliphatic carbocycles. The van der Waals surface area contributed by atoms with Crippen LogP contribution in [0.5, 0.6) is 0 Å². The zero-order chi connectivity index (χ0) is 26.8. The first-order valence-corrected chi connectivity index (χ1v) is 12.4. The highest BCUT2D eigenvalue weighted by Gasteiger charge is 2.22. The number of H-pyrrole nitrogens is 1. The van der Waals surface area contributed by atoms with Crippen LogP contribution in [-0.2, 0) is 17.6 Å². The maximum absolute atomic E-state index is 14.0. The minimum Gasteiger partial charge on any atom is -0.361 e. The summed E-state index contributed by atoms with van der Waals surface area (Å²) in [6.45, 7) is 0. The first kappa shape index (κ1) is 25.8. The Hall–Kier alpha value is -3.81. The maximum Gasteiger partial charge on any atom is 0.225 e. The third-order valence-electron chi connectivity index (χ3n) is 6.12. The number of nitrogens with one attached hydrogen (secondary N) is 2. The van der Waals surface area contributed by atoms with Crippen molar-refractivity contribution < 1.29 is 18.0 Å². The Balaban J connectivity index is 1.52. The lowest BCUT2D eigenvalue weighted by Gasteiger charge is -2.22. The van der Waals surface area contributed by atoms with Crippen LogP contribution in [0.3, 0.4) is 0 Å². The fourth-order valence-electron chi connectivity index (χ4n) is 4.54. The number of fused-ring (bicyclic) bond motifs is 1. The highest BCUT2D eigenvalue weighted by molar-refractivity contribution is 6.35. The highest BCUT2D eigenvalue weighted by Crippen LogP contribution is 2.33. The predicted octanol–water partition coefficient (Wildman–Crippen LogP) is 7.60. The van der Waals surface area contributed by atoms with Crippen molar-refractivity contribution in [2.24, 2.45) is 0 Å². The number of hydrogen-bond acceptors (Lipinski definition) is 2. The topological polar surface area (TPSA) is 57.8 Å². The molecule has 0 unspecified atom stereocenters. The largest absolute Gasteiger partial charge is 0.361 e. The molecule has 3 aromatic carbocycles. The second kappa shape index (κ2) is 10.9. The van der Waals surface area contributed by atoms with Crippen molar-refractivity contribution in [3.63, 3.8) is 0 Å². The Kier molecular flexibility index (Phi) is 7.40. The molecule has 0 saturated carbocycles. The van der Waals surface area contributed by atoms with E-state index in [1.807, 2.05) is 0 Å². The molecule has 0 aliphatic rings. The van der Waals surface area contributed by atoms with Crippen molar-refractivity contribution >= 4 is 40.0 Å². The van der Waals surface area contributed by atoms with Gasteiger partial charge in [0.15, 0.2) is 0 Å². The molecule has 5 aromatic rings. The van der Waals surface area contributed by atoms with E-state index in [2.05, 4.69) is 15.3 Å². The number of aromatic nitrogens is 2. The number of amides is 1. The van der Waals surface area contributed by atoms with E-state index in [0.29, 0.717) is 48.9 Å². The zero-order valence-corrected chi connectivity index (χ0v) is 21.3. The summed E-state index contributed by atoms with van der Waals surface area (Å²) in [4.78, 5) is 20.8. The molecular formula is C29H20Cl2F3N3O. The van der Waals surface area contributed by atoms with E-state index in [1.165, 1.54) is 24.3 Å². The number of benzene rings is 3. The van der Waals surface area contributed by atoms with Crippen molar-refractivity contribution in [2.75, 3.05) is 0 Å². The quantitative estimate of drug-likeness (QED) is 0.218. The number of carbonyl (C=O) groups excluding carboxylic acids is 1. The SMILES string of the molecule is O=C(Cc1c[nH]c2ccc(F)cc12)N[C@@H](Cc1cc(F)cc(F)c1)c1ncccc1-c1cc(Cl)cc(Cl)c1. The molecule has 1 amide bonds. The van der Waals surface area contributed by atoms with Gasteiger partial charge in [0.1, 0.15) is 17.5 Å². The van der Waals surface area contributed by atoms with Gasteiger partial charge in [0.05, 0.1) is 18.2 Å². The minimum atomic E-state index is -0.764. The molecular weight excluding hydrogens is 534 g/mol. The lowest BCUT2D eigenvalue weighted by molar-refractivity contribution is -0.121. The molecule has 0 bridgehead atoms. The molecule has 5 rings (SSSR count). The van der Waals surface area contributed by atoms with Gasteiger partial charge in [0, 0.05) is 45.0 Å². The fraction of sp³-hybridized carbons (Fsp3) is 0.103. The molecule has 0 radical (unpaired) electrons. The number of aromatic amines is 1. The van der Waals surface area contributed by atoms with Crippen molar-refractivity contribution in [3.05, 3.63) is 123 Å². The normalized spacial score (nSPS) is 12.0. The number of nitrogens with zero attached hydrogens (tertiary/aromatic N) is 1. The van der Waals surface area contributed by atoms with Gasteiger partial charge in [0.25, 0.3) is 0 Å². The van der Waals surface area contributed by atoms with Crippen molar-refractivity contribution in [1.29, 1.82) is 0 Å². The second-order valence-electron chi connectivity index (χ2n) is 8.88. The van der Waals surface area contributed by atoms with Crippen LogP contribution < -0.4 is 5.32 Å². The molecule has 38 heavy (non-hydrogen) atoms. The lowest BCUT2D eigenvalue weighted by Crippen LogP contribution is -2.32. The Morgan fingerprint density at radius 2 is 1.66 bits per heavy atom. The molecule has 1 atom stereocenters. The van der Waals surface area contributed by atoms with Gasteiger partial charge >= 0.3 is 0 Å². The van der Waals surface area contributed by atoms with Gasteiger partial charge in [-0.2, -0.15) is 0 Å². The first-order chi connectivity index (χ1) is 18.2. The van der Waals surface area contributed by atoms with Crippen LogP contribution in [0.2, 0.25) is 10.0 Å². The summed E-state index contributed by atoms with van der Waals surface area (Å²) in [6.07, 6.45) is 3.23. The summed E-state index contributed by atoms with van der Waals surface area (Å²) < 4.78 is 41.8. The summed E-state index contributed by atoms with van der Waals surface area (Å²) in [6, 6.07) is 15.3. The minimum absolute atomic E-state index is 0.0530. The molecule has 4 nitrogen and oxygen atoms in total. The van der Waals surface area contributed by atoms with Gasteiger partial charge < -0.3 is 10.3 Å². The van der Waals surface area contributed by atoms with Gasteiger partial charge in [-0.25, -0.2) is 13.2 Å². The monoisotopic (exact) mass is 553 g/mol. The fourth-order valence-corrected chi connectivity index (χ4v) is 5.07. The molecule has 0 fully saturated rings. The maximum atomic E-state index is 14.0. The number of halogens is 5. The van der Waals surface area contributed by atoms with E-state index >= 15 is 0 Å². The molecule has 192 valence electrons. The van der Waals surface area contributed by atoms with Gasteiger partial charge in [0.2, 0.25) is 5.91 Å². The Morgan fingerprint density at radius 1 is 0.921 bits per heavy atom. The zero-order valence-electron chi connectivity index (χ0n) is 19.7. The molecule has 0 spiro atoms. The molecule has 0 saturated heterocycles. The second-order valence-corrected chi connectivity index (χ2v) is 9.75. The van der Waals surface area contributed by atoms with Crippen molar-refractivity contribution in [2.45, 2.75) is 18.9 Å². The number of carbonyl (C=O) groups is 1. The van der Waals surface area contributed by atoms with Crippen LogP contribution in [0.1, 0.15) is 22.9 Å². The lowest BCUT2D eigenvalue weighted by atomic mass is 9.95. The van der Waals surface area contributed by atoms with Gasteiger partial charge in [-0.15, -0.1) is 0 Å². The van der Waals surface area contributed by atoms with Gasteiger partial charge in [-0.05, 0) is 77.7 Å². The van der Waals surface area contributed by atoms with Crippen molar-refractivity contribution in [3.8, 4) is 11.1 Å². The first-order valence-electron chi connectivity index (χ1n) is 11.7. The third kappa shape index (κ3) is 5.85. The van der Waals surface area contributed by atoms with E-state index < -0.39 is 23.5 Å². The summed E-state index contributed by atoms with van der Waals surface area (Å²) in [7, 11) is 0. The summed E-state index contributed by atoms with van der Waals surface area (Å²) in [5.41, 5.74) is 3.42. The number of pyridine rings is 1. The Labute approximate surface area is 226 Å². The molecule has 2 N–H and O–H groups in total. The molecule has 9 heteroatoms. The van der Waals surface area contributed by atoms with Crippen LogP contribution in [-0.4, -0.2) is 15.9 Å². The van der Waals surface area contributed by atoms with E-state index in [9.17, 15) is 18.0 Å². The van der Waals surface area contributed by atoms with Crippen LogP contribution >= 0.6 is 23.2 Å². The van der Waals surface area contributed by atoms with Crippen LogP contribution in [0.25, 0.3) is 22.0 Å². The van der Waals surface area contributed by atoms with Crippen LogP contribution in [0.4, 0.5) is 13.2 Å². The van der Waals surface area contributed by atoms with Gasteiger partial charge in [-0.3, -0.25) is 9.78 Å². The summed E-state index contributed by atoms with van der Waals surface area (Å²) >= 11 is 12.5. The Bertz CT molecular complexity index is 1610. The van der Waals surface area contributed by atoms with E-state index in [0.717, 1.165) is 6.07 Å². The van der Waals surface area contributed by atoms with E-state index in [4.69, 9.17) is 23.2 Å². The Morgan fingerprint density at radius 3 is 2.39 bits per heavy atom. The smallest absolute Gasteiger partial charge is 0.225 e.